The smallest absolute Gasteiger partial charge is 0.307 e. The maximum absolute atomic E-state index is 14.4. The summed E-state index contributed by atoms with van der Waals surface area (Å²) in [5, 5.41) is 0. The molecule has 1 aromatic rings. The Bertz CT molecular complexity index is 614. The van der Waals surface area contributed by atoms with Crippen LogP contribution in [0.15, 0.2) is 24.3 Å². The van der Waals surface area contributed by atoms with Gasteiger partial charge in [-0.3, -0.25) is 9.00 Å². The fraction of sp³-hybridized carbons (Fsp3) is 0.632. The van der Waals surface area contributed by atoms with E-state index in [9.17, 15) is 13.4 Å². The molecule has 0 aliphatic heterocycles. The second-order valence-corrected chi connectivity index (χ2v) is 10.6. The van der Waals surface area contributed by atoms with Crippen molar-refractivity contribution < 1.29 is 18.1 Å². The van der Waals surface area contributed by atoms with Gasteiger partial charge in [0.25, 0.3) is 0 Å². The molecule has 136 valence electrons. The molecule has 0 amide bonds. The van der Waals surface area contributed by atoms with Crippen LogP contribution in [0.3, 0.4) is 0 Å². The van der Waals surface area contributed by atoms with E-state index >= 15 is 0 Å². The highest BCUT2D eigenvalue weighted by Gasteiger charge is 2.38. The molecule has 0 aliphatic rings. The Morgan fingerprint density at radius 2 is 1.62 bits per heavy atom. The third-order valence-electron chi connectivity index (χ3n) is 3.61. The van der Waals surface area contributed by atoms with Crippen LogP contribution in [-0.2, 0) is 25.7 Å². The highest BCUT2D eigenvalue weighted by Crippen LogP contribution is 2.34. The van der Waals surface area contributed by atoms with E-state index < -0.39 is 38.3 Å². The summed E-state index contributed by atoms with van der Waals surface area (Å²) in [5.41, 5.74) is -1.11. The lowest BCUT2D eigenvalue weighted by Crippen LogP contribution is -2.39. The molecule has 24 heavy (non-hydrogen) atoms. The zero-order valence-corrected chi connectivity index (χ0v) is 16.6. The average Bonchev–Trinajstić information content (AvgIpc) is 2.34. The van der Waals surface area contributed by atoms with Crippen molar-refractivity contribution in [2.45, 2.75) is 70.7 Å². The van der Waals surface area contributed by atoms with Crippen LogP contribution in [-0.4, -0.2) is 26.3 Å². The molecule has 0 fully saturated rings. The van der Waals surface area contributed by atoms with Crippen molar-refractivity contribution in [1.29, 1.82) is 0 Å². The van der Waals surface area contributed by atoms with Crippen molar-refractivity contribution in [2.75, 3.05) is 5.75 Å². The third kappa shape index (κ3) is 6.00. The van der Waals surface area contributed by atoms with Gasteiger partial charge in [-0.05, 0) is 53.2 Å². The number of carbonyl (C=O) groups excluding carboxylic acids is 1. The first-order valence-corrected chi connectivity index (χ1v) is 9.42. The molecule has 0 heterocycles. The van der Waals surface area contributed by atoms with Crippen LogP contribution in [0.25, 0.3) is 0 Å². The molecule has 0 N–H and O–H groups in total. The molecule has 3 nitrogen and oxygen atoms in total. The van der Waals surface area contributed by atoms with Crippen molar-refractivity contribution >= 4 is 16.8 Å². The molecule has 0 aromatic heterocycles. The lowest BCUT2D eigenvalue weighted by molar-refractivity contribution is -0.156. The third-order valence-corrected chi connectivity index (χ3v) is 5.88. The van der Waals surface area contributed by atoms with Crippen LogP contribution in [0, 0.1) is 5.82 Å². The molecule has 0 aliphatic carbocycles. The predicted molar refractivity (Wildman–Crippen MR) is 97.0 cm³/mol. The van der Waals surface area contributed by atoms with Gasteiger partial charge in [-0.1, -0.05) is 25.1 Å². The van der Waals surface area contributed by atoms with Crippen LogP contribution in [0.4, 0.5) is 4.39 Å². The topological polar surface area (TPSA) is 43.4 Å². The number of halogens is 1. The second kappa shape index (κ2) is 7.34. The molecular weight excluding hydrogens is 327 g/mol. The maximum atomic E-state index is 14.4. The number of hydrogen-bond donors (Lipinski definition) is 0. The predicted octanol–water partition coefficient (Wildman–Crippen LogP) is 4.36. The SMILES string of the molecule is CC(C)(C)OC(=O)C[C@](C)(C[S@@](=O)C(C)(C)C)c1ccccc1F. The van der Waals surface area contributed by atoms with Gasteiger partial charge in [0.15, 0.2) is 0 Å². The van der Waals surface area contributed by atoms with Gasteiger partial charge in [-0.15, -0.1) is 0 Å². The summed E-state index contributed by atoms with van der Waals surface area (Å²) in [7, 11) is -1.23. The maximum Gasteiger partial charge on any atom is 0.307 e. The van der Waals surface area contributed by atoms with E-state index in [1.807, 2.05) is 20.8 Å². The van der Waals surface area contributed by atoms with Gasteiger partial charge in [-0.25, -0.2) is 4.39 Å². The monoisotopic (exact) mass is 356 g/mol. The molecule has 0 radical (unpaired) electrons. The van der Waals surface area contributed by atoms with Crippen LogP contribution in [0.2, 0.25) is 0 Å². The van der Waals surface area contributed by atoms with Crippen LogP contribution in [0.5, 0.6) is 0 Å². The Balaban J connectivity index is 3.19. The van der Waals surface area contributed by atoms with Gasteiger partial charge in [0, 0.05) is 26.7 Å². The van der Waals surface area contributed by atoms with E-state index in [4.69, 9.17) is 4.74 Å². The number of carbonyl (C=O) groups is 1. The number of ether oxygens (including phenoxy) is 1. The highest BCUT2D eigenvalue weighted by atomic mass is 32.2. The Kier molecular flexibility index (Phi) is 6.37. The molecule has 5 heteroatoms. The zero-order valence-electron chi connectivity index (χ0n) is 15.7. The van der Waals surface area contributed by atoms with E-state index in [1.54, 1.807) is 45.9 Å². The summed E-state index contributed by atoms with van der Waals surface area (Å²) in [6, 6.07) is 6.35. The fourth-order valence-electron chi connectivity index (χ4n) is 2.38. The Morgan fingerprint density at radius 3 is 2.08 bits per heavy atom. The Morgan fingerprint density at radius 1 is 1.08 bits per heavy atom. The summed E-state index contributed by atoms with van der Waals surface area (Å²) >= 11 is 0. The molecule has 1 aromatic carbocycles. The van der Waals surface area contributed by atoms with Gasteiger partial charge in [-0.2, -0.15) is 0 Å². The Hall–Kier alpha value is -1.23. The lowest BCUT2D eigenvalue weighted by Gasteiger charge is -2.33. The summed E-state index contributed by atoms with van der Waals surface area (Å²) < 4.78 is 32.0. The summed E-state index contributed by atoms with van der Waals surface area (Å²) in [5.74, 6) is -0.620. The molecule has 1 rings (SSSR count). The fourth-order valence-corrected chi connectivity index (χ4v) is 3.65. The largest absolute Gasteiger partial charge is 0.460 e. The highest BCUT2D eigenvalue weighted by molar-refractivity contribution is 7.86. The molecule has 0 saturated heterocycles. The van der Waals surface area contributed by atoms with Crippen molar-refractivity contribution in [3.05, 3.63) is 35.6 Å². The van der Waals surface area contributed by atoms with E-state index in [2.05, 4.69) is 0 Å². The molecular formula is C19H29FO3S. The number of hydrogen-bond acceptors (Lipinski definition) is 3. The van der Waals surface area contributed by atoms with E-state index in [0.29, 0.717) is 5.56 Å². The van der Waals surface area contributed by atoms with Crippen molar-refractivity contribution in [2.24, 2.45) is 0 Å². The van der Waals surface area contributed by atoms with Crippen molar-refractivity contribution in [3.63, 3.8) is 0 Å². The van der Waals surface area contributed by atoms with Gasteiger partial charge in [0.05, 0.1) is 6.42 Å². The minimum atomic E-state index is -1.23. The second-order valence-electron chi connectivity index (χ2n) is 8.41. The quantitative estimate of drug-likeness (QED) is 0.736. The molecule has 2 atom stereocenters. The van der Waals surface area contributed by atoms with Crippen molar-refractivity contribution in [1.82, 2.24) is 0 Å². The van der Waals surface area contributed by atoms with Crippen molar-refractivity contribution in [3.8, 4) is 0 Å². The van der Waals surface area contributed by atoms with E-state index in [1.165, 1.54) is 6.07 Å². The van der Waals surface area contributed by atoms with Gasteiger partial charge in [0.2, 0.25) is 0 Å². The Labute approximate surface area is 147 Å². The molecule has 0 saturated carbocycles. The minimum Gasteiger partial charge on any atom is -0.460 e. The number of esters is 1. The lowest BCUT2D eigenvalue weighted by atomic mass is 9.81. The first-order valence-electron chi connectivity index (χ1n) is 8.10. The first kappa shape index (κ1) is 20.8. The molecule has 0 unspecified atom stereocenters. The minimum absolute atomic E-state index is 0.0208. The van der Waals surface area contributed by atoms with Crippen LogP contribution < -0.4 is 0 Å². The summed E-state index contributed by atoms with van der Waals surface area (Å²) in [6.07, 6.45) is -0.0208. The number of benzene rings is 1. The summed E-state index contributed by atoms with van der Waals surface area (Å²) in [6.45, 7) is 12.8. The van der Waals surface area contributed by atoms with E-state index in [0.717, 1.165) is 0 Å². The van der Waals surface area contributed by atoms with Gasteiger partial charge < -0.3 is 4.74 Å². The zero-order chi connectivity index (χ0) is 18.8. The van der Waals surface area contributed by atoms with Crippen LogP contribution in [0.1, 0.15) is 60.5 Å². The normalized spacial score (nSPS) is 16.3. The molecule has 0 spiro atoms. The first-order chi connectivity index (χ1) is 10.7. The molecule has 0 bridgehead atoms. The summed E-state index contributed by atoms with van der Waals surface area (Å²) in [4.78, 5) is 12.3. The van der Waals surface area contributed by atoms with E-state index in [-0.39, 0.29) is 12.2 Å². The van der Waals surface area contributed by atoms with Gasteiger partial charge >= 0.3 is 5.97 Å². The van der Waals surface area contributed by atoms with Crippen LogP contribution >= 0.6 is 0 Å². The standard InChI is InChI=1S/C19H29FO3S/c1-17(2,3)23-16(21)12-19(7,13-24(22)18(4,5)6)14-10-8-9-11-15(14)20/h8-11H,12-13H2,1-7H3/t19-,24-/m1/s1. The average molecular weight is 357 g/mol. The van der Waals surface area contributed by atoms with Gasteiger partial charge in [0.1, 0.15) is 11.4 Å². The number of rotatable bonds is 5.